The SMILES string of the molecule is CCC1C(NC(=O)c2cc(-c3ccccc3Oc3ccccc3)[nH]n2)C(C)CN1C#N. The van der Waals surface area contributed by atoms with Crippen LogP contribution in [-0.2, 0) is 0 Å². The van der Waals surface area contributed by atoms with Crippen LogP contribution in [-0.4, -0.2) is 39.6 Å². The molecular weight excluding hydrogens is 390 g/mol. The number of nitrogens with one attached hydrogen (secondary N) is 2. The molecule has 1 aliphatic rings. The number of benzene rings is 2. The molecule has 158 valence electrons. The summed E-state index contributed by atoms with van der Waals surface area (Å²) in [5.41, 5.74) is 1.82. The first-order valence-electron chi connectivity index (χ1n) is 10.5. The van der Waals surface area contributed by atoms with Crippen molar-refractivity contribution in [3.63, 3.8) is 0 Å². The van der Waals surface area contributed by atoms with Gasteiger partial charge in [0, 0.05) is 12.1 Å². The molecule has 4 rings (SSSR count). The first-order chi connectivity index (χ1) is 15.1. The second-order valence-corrected chi connectivity index (χ2v) is 7.78. The average Bonchev–Trinajstić information content (AvgIpc) is 3.40. The van der Waals surface area contributed by atoms with E-state index in [1.165, 1.54) is 0 Å². The number of ether oxygens (including phenoxy) is 1. The lowest BCUT2D eigenvalue weighted by molar-refractivity contribution is 0.0916. The first kappa shape index (κ1) is 20.5. The van der Waals surface area contributed by atoms with E-state index in [1.807, 2.05) is 61.5 Å². The van der Waals surface area contributed by atoms with Crippen LogP contribution < -0.4 is 10.1 Å². The first-order valence-corrected chi connectivity index (χ1v) is 10.5. The van der Waals surface area contributed by atoms with Crippen molar-refractivity contribution in [3.05, 3.63) is 66.4 Å². The zero-order chi connectivity index (χ0) is 21.8. The summed E-state index contributed by atoms with van der Waals surface area (Å²) in [6, 6.07) is 18.8. The molecule has 1 saturated heterocycles. The second kappa shape index (κ2) is 8.92. The van der Waals surface area contributed by atoms with Gasteiger partial charge in [0.2, 0.25) is 0 Å². The summed E-state index contributed by atoms with van der Waals surface area (Å²) in [7, 11) is 0. The van der Waals surface area contributed by atoms with E-state index >= 15 is 0 Å². The maximum Gasteiger partial charge on any atom is 0.272 e. The molecule has 3 atom stereocenters. The molecule has 1 aliphatic heterocycles. The number of aromatic amines is 1. The lowest BCUT2D eigenvalue weighted by atomic mass is 9.98. The van der Waals surface area contributed by atoms with Gasteiger partial charge in [-0.3, -0.25) is 9.89 Å². The van der Waals surface area contributed by atoms with Crippen LogP contribution in [0.15, 0.2) is 60.7 Å². The molecule has 2 N–H and O–H groups in total. The maximum absolute atomic E-state index is 12.9. The van der Waals surface area contributed by atoms with Crippen LogP contribution in [0.4, 0.5) is 0 Å². The third kappa shape index (κ3) is 4.24. The Labute approximate surface area is 181 Å². The number of hydrogen-bond donors (Lipinski definition) is 2. The Kier molecular flexibility index (Phi) is 5.89. The van der Waals surface area contributed by atoms with Gasteiger partial charge in [-0.25, -0.2) is 0 Å². The highest BCUT2D eigenvalue weighted by molar-refractivity contribution is 5.93. The Bertz CT molecular complexity index is 1090. The van der Waals surface area contributed by atoms with Crippen molar-refractivity contribution in [2.45, 2.75) is 32.4 Å². The second-order valence-electron chi connectivity index (χ2n) is 7.78. The quantitative estimate of drug-likeness (QED) is 0.589. The normalized spacial score (nSPS) is 20.3. The number of carbonyl (C=O) groups excluding carboxylic acids is 1. The molecule has 0 bridgehead atoms. The molecule has 0 aliphatic carbocycles. The van der Waals surface area contributed by atoms with Gasteiger partial charge in [-0.15, -0.1) is 0 Å². The van der Waals surface area contributed by atoms with E-state index in [1.54, 1.807) is 11.0 Å². The van der Waals surface area contributed by atoms with Crippen molar-refractivity contribution in [2.24, 2.45) is 5.92 Å². The predicted octanol–water partition coefficient (Wildman–Crippen LogP) is 4.18. The van der Waals surface area contributed by atoms with Crippen molar-refractivity contribution < 1.29 is 9.53 Å². The Morgan fingerprint density at radius 1 is 1.26 bits per heavy atom. The fraction of sp³-hybridized carbons (Fsp3) is 0.292. The van der Waals surface area contributed by atoms with E-state index in [2.05, 4.69) is 28.6 Å². The number of H-pyrrole nitrogens is 1. The van der Waals surface area contributed by atoms with Crippen LogP contribution in [0.5, 0.6) is 11.5 Å². The number of carbonyl (C=O) groups is 1. The average molecular weight is 415 g/mol. The molecule has 2 aromatic carbocycles. The monoisotopic (exact) mass is 415 g/mol. The van der Waals surface area contributed by atoms with Gasteiger partial charge in [0.05, 0.1) is 17.8 Å². The zero-order valence-electron chi connectivity index (χ0n) is 17.6. The van der Waals surface area contributed by atoms with Gasteiger partial charge in [0.1, 0.15) is 11.5 Å². The number of nitriles is 1. The molecule has 1 amide bonds. The number of likely N-dealkylation sites (tertiary alicyclic amines) is 1. The minimum absolute atomic E-state index is 0.00219. The Morgan fingerprint density at radius 3 is 2.74 bits per heavy atom. The summed E-state index contributed by atoms with van der Waals surface area (Å²) in [4.78, 5) is 14.6. The van der Waals surface area contributed by atoms with E-state index in [0.717, 1.165) is 17.7 Å². The standard InChI is InChI=1S/C24H25N5O2/c1-3-21-23(16(2)14-29(21)15-25)26-24(30)20-13-19(27-28-20)18-11-7-8-12-22(18)31-17-9-5-4-6-10-17/h4-13,16,21,23H,3,14H2,1-2H3,(H,26,30)(H,27,28). The van der Waals surface area contributed by atoms with Crippen LogP contribution in [0.3, 0.4) is 0 Å². The van der Waals surface area contributed by atoms with Gasteiger partial charge in [-0.1, -0.05) is 44.2 Å². The van der Waals surface area contributed by atoms with Gasteiger partial charge in [-0.05, 0) is 42.7 Å². The van der Waals surface area contributed by atoms with E-state index < -0.39 is 0 Å². The molecule has 1 fully saturated rings. The van der Waals surface area contributed by atoms with E-state index in [0.29, 0.717) is 23.7 Å². The third-order valence-electron chi connectivity index (χ3n) is 5.72. The van der Waals surface area contributed by atoms with Crippen molar-refractivity contribution in [3.8, 4) is 28.9 Å². The smallest absolute Gasteiger partial charge is 0.272 e. The number of hydrogen-bond acceptors (Lipinski definition) is 5. The summed E-state index contributed by atoms with van der Waals surface area (Å²) in [5.74, 6) is 1.34. The highest BCUT2D eigenvalue weighted by Gasteiger charge is 2.39. The minimum Gasteiger partial charge on any atom is -0.457 e. The molecular formula is C24H25N5O2. The van der Waals surface area contributed by atoms with E-state index in [9.17, 15) is 10.1 Å². The lowest BCUT2D eigenvalue weighted by Crippen LogP contribution is -2.45. The fourth-order valence-corrected chi connectivity index (χ4v) is 4.16. The summed E-state index contributed by atoms with van der Waals surface area (Å²) < 4.78 is 6.02. The van der Waals surface area contributed by atoms with Crippen molar-refractivity contribution in [1.29, 1.82) is 5.26 Å². The molecule has 2 heterocycles. The third-order valence-corrected chi connectivity index (χ3v) is 5.72. The number of amides is 1. The number of aromatic nitrogens is 2. The predicted molar refractivity (Wildman–Crippen MR) is 117 cm³/mol. The lowest BCUT2D eigenvalue weighted by Gasteiger charge is -2.24. The highest BCUT2D eigenvalue weighted by Crippen LogP contribution is 2.32. The molecule has 31 heavy (non-hydrogen) atoms. The molecule has 3 unspecified atom stereocenters. The fourth-order valence-electron chi connectivity index (χ4n) is 4.16. The molecule has 0 radical (unpaired) electrons. The summed E-state index contributed by atoms with van der Waals surface area (Å²) in [6.07, 6.45) is 3.03. The molecule has 0 saturated carbocycles. The summed E-state index contributed by atoms with van der Waals surface area (Å²) in [5, 5.41) is 19.6. The maximum atomic E-state index is 12.9. The topological polar surface area (TPSA) is 94.0 Å². The van der Waals surface area contributed by atoms with Gasteiger partial charge in [-0.2, -0.15) is 10.4 Å². The van der Waals surface area contributed by atoms with Crippen LogP contribution in [0.2, 0.25) is 0 Å². The zero-order valence-corrected chi connectivity index (χ0v) is 17.6. The molecule has 7 heteroatoms. The van der Waals surface area contributed by atoms with Crippen LogP contribution in [0.1, 0.15) is 30.8 Å². The number of rotatable bonds is 6. The molecule has 3 aromatic rings. The van der Waals surface area contributed by atoms with Gasteiger partial charge >= 0.3 is 0 Å². The largest absolute Gasteiger partial charge is 0.457 e. The minimum atomic E-state index is -0.251. The Balaban J connectivity index is 1.53. The van der Waals surface area contributed by atoms with Crippen molar-refractivity contribution in [2.75, 3.05) is 6.54 Å². The Hall–Kier alpha value is -3.79. The van der Waals surface area contributed by atoms with Crippen LogP contribution in [0.25, 0.3) is 11.3 Å². The van der Waals surface area contributed by atoms with Gasteiger partial charge in [0.25, 0.3) is 5.91 Å². The van der Waals surface area contributed by atoms with Gasteiger partial charge < -0.3 is 15.0 Å². The summed E-state index contributed by atoms with van der Waals surface area (Å²) in [6.45, 7) is 4.73. The molecule has 0 spiro atoms. The van der Waals surface area contributed by atoms with Crippen LogP contribution >= 0.6 is 0 Å². The van der Waals surface area contributed by atoms with E-state index in [4.69, 9.17) is 4.74 Å². The van der Waals surface area contributed by atoms with E-state index in [-0.39, 0.29) is 23.9 Å². The van der Waals surface area contributed by atoms with Crippen molar-refractivity contribution in [1.82, 2.24) is 20.4 Å². The number of para-hydroxylation sites is 2. The number of nitrogens with zero attached hydrogens (tertiary/aromatic N) is 3. The summed E-state index contributed by atoms with van der Waals surface area (Å²) >= 11 is 0. The van der Waals surface area contributed by atoms with Gasteiger partial charge in [0.15, 0.2) is 11.9 Å². The Morgan fingerprint density at radius 2 is 2.00 bits per heavy atom. The molecule has 1 aromatic heterocycles. The van der Waals surface area contributed by atoms with Crippen molar-refractivity contribution >= 4 is 5.91 Å². The molecule has 7 nitrogen and oxygen atoms in total. The highest BCUT2D eigenvalue weighted by atomic mass is 16.5. The van der Waals surface area contributed by atoms with Crippen LogP contribution in [0, 0.1) is 17.4 Å².